The van der Waals surface area contributed by atoms with Gasteiger partial charge in [0.1, 0.15) is 5.92 Å². The Hall–Kier alpha value is -2.82. The summed E-state index contributed by atoms with van der Waals surface area (Å²) in [6.45, 7) is 0. The molecule has 0 heterocycles. The van der Waals surface area contributed by atoms with Crippen molar-refractivity contribution >= 4 is 11.7 Å². The highest BCUT2D eigenvalue weighted by atomic mass is 16.6. The molecule has 0 aliphatic rings. The molecule has 0 bridgehead atoms. The summed E-state index contributed by atoms with van der Waals surface area (Å²) in [7, 11) is 2.68. The van der Waals surface area contributed by atoms with Crippen molar-refractivity contribution in [2.24, 2.45) is 5.92 Å². The van der Waals surface area contributed by atoms with Gasteiger partial charge in [-0.15, -0.1) is 0 Å². The number of hydrogen-bond acceptors (Lipinski definition) is 6. The monoisotopic (exact) mass is 280 g/mol. The molecule has 0 aliphatic carbocycles. The lowest BCUT2D eigenvalue weighted by atomic mass is 9.99. The molecule has 0 aliphatic heterocycles. The SMILES string of the molecule is COc1cc(C[C@@H](C#N)C(=O)O)c([N+](=O)[O-])cc1OC. The Kier molecular flexibility index (Phi) is 4.86. The Bertz CT molecular complexity index is 578. The number of nitro groups is 1. The maximum atomic E-state index is 11.0. The topological polar surface area (TPSA) is 123 Å². The van der Waals surface area contributed by atoms with Gasteiger partial charge in [-0.05, 0) is 6.07 Å². The summed E-state index contributed by atoms with van der Waals surface area (Å²) in [4.78, 5) is 21.2. The van der Waals surface area contributed by atoms with E-state index in [1.165, 1.54) is 20.3 Å². The van der Waals surface area contributed by atoms with Gasteiger partial charge >= 0.3 is 5.97 Å². The van der Waals surface area contributed by atoms with Crippen LogP contribution in [0.25, 0.3) is 0 Å². The minimum absolute atomic E-state index is 0.0987. The number of aliphatic carboxylic acids is 1. The quantitative estimate of drug-likeness (QED) is 0.616. The summed E-state index contributed by atoms with van der Waals surface area (Å²) in [6.07, 6.45) is -0.289. The second-order valence-electron chi connectivity index (χ2n) is 3.82. The third-order valence-electron chi connectivity index (χ3n) is 2.66. The molecule has 1 aromatic carbocycles. The molecule has 8 nitrogen and oxygen atoms in total. The highest BCUT2D eigenvalue weighted by molar-refractivity contribution is 5.73. The van der Waals surface area contributed by atoms with E-state index in [1.54, 1.807) is 6.07 Å². The number of carboxylic acids is 1. The number of methoxy groups -OCH3 is 2. The fourth-order valence-electron chi connectivity index (χ4n) is 1.65. The minimum atomic E-state index is -1.37. The van der Waals surface area contributed by atoms with Crippen LogP contribution >= 0.6 is 0 Å². The lowest BCUT2D eigenvalue weighted by Gasteiger charge is -2.11. The molecule has 0 fully saturated rings. The van der Waals surface area contributed by atoms with Gasteiger partial charge in [0, 0.05) is 12.0 Å². The Morgan fingerprint density at radius 2 is 2.00 bits per heavy atom. The first-order valence-corrected chi connectivity index (χ1v) is 5.46. The molecule has 1 rings (SSSR count). The van der Waals surface area contributed by atoms with Crippen molar-refractivity contribution in [2.45, 2.75) is 6.42 Å². The van der Waals surface area contributed by atoms with Crippen molar-refractivity contribution in [1.29, 1.82) is 5.26 Å². The Labute approximate surface area is 114 Å². The number of carbonyl (C=O) groups is 1. The van der Waals surface area contributed by atoms with Crippen molar-refractivity contribution in [1.82, 2.24) is 0 Å². The zero-order valence-electron chi connectivity index (χ0n) is 10.8. The minimum Gasteiger partial charge on any atom is -0.493 e. The van der Waals surface area contributed by atoms with Crippen LogP contribution in [0.1, 0.15) is 5.56 Å². The molecule has 1 N–H and O–H groups in total. The van der Waals surface area contributed by atoms with E-state index >= 15 is 0 Å². The van der Waals surface area contributed by atoms with Gasteiger partial charge in [0.2, 0.25) is 0 Å². The molecular formula is C12H12N2O6. The third kappa shape index (κ3) is 3.14. The van der Waals surface area contributed by atoms with Crippen molar-refractivity contribution in [3.05, 3.63) is 27.8 Å². The number of benzene rings is 1. The second kappa shape index (κ2) is 6.38. The molecule has 0 aromatic heterocycles. The van der Waals surface area contributed by atoms with Gasteiger partial charge < -0.3 is 14.6 Å². The second-order valence-corrected chi connectivity index (χ2v) is 3.82. The highest BCUT2D eigenvalue weighted by Crippen LogP contribution is 2.35. The average molecular weight is 280 g/mol. The van der Waals surface area contributed by atoms with E-state index < -0.39 is 16.8 Å². The van der Waals surface area contributed by atoms with E-state index in [4.69, 9.17) is 19.8 Å². The van der Waals surface area contributed by atoms with E-state index in [0.717, 1.165) is 6.07 Å². The van der Waals surface area contributed by atoms with Gasteiger partial charge in [0.15, 0.2) is 11.5 Å². The van der Waals surface area contributed by atoms with Crippen molar-refractivity contribution < 1.29 is 24.3 Å². The molecule has 0 spiro atoms. The number of hydrogen-bond donors (Lipinski definition) is 1. The lowest BCUT2D eigenvalue weighted by molar-refractivity contribution is -0.385. The Morgan fingerprint density at radius 3 is 2.40 bits per heavy atom. The number of nitrogens with zero attached hydrogens (tertiary/aromatic N) is 2. The predicted molar refractivity (Wildman–Crippen MR) is 66.6 cm³/mol. The lowest BCUT2D eigenvalue weighted by Crippen LogP contribution is -2.15. The first-order chi connectivity index (χ1) is 9.44. The number of carboxylic acid groups (broad SMARTS) is 1. The van der Waals surface area contributed by atoms with E-state index in [0.29, 0.717) is 0 Å². The number of ether oxygens (including phenoxy) is 2. The Morgan fingerprint density at radius 1 is 1.45 bits per heavy atom. The van der Waals surface area contributed by atoms with Crippen molar-refractivity contribution in [3.8, 4) is 17.6 Å². The summed E-state index contributed by atoms with van der Waals surface area (Å²) in [5, 5.41) is 28.6. The third-order valence-corrected chi connectivity index (χ3v) is 2.66. The first-order valence-electron chi connectivity index (χ1n) is 5.46. The summed E-state index contributed by atoms with van der Waals surface area (Å²) in [5.74, 6) is -2.31. The van der Waals surface area contributed by atoms with Gasteiger partial charge in [-0.1, -0.05) is 0 Å². The van der Waals surface area contributed by atoms with Crippen LogP contribution in [0.2, 0.25) is 0 Å². The van der Waals surface area contributed by atoms with E-state index in [9.17, 15) is 14.9 Å². The van der Waals surface area contributed by atoms with Crippen molar-refractivity contribution in [2.75, 3.05) is 14.2 Å². The van der Waals surface area contributed by atoms with Gasteiger partial charge in [0.25, 0.3) is 5.69 Å². The predicted octanol–water partition coefficient (Wildman–Crippen LogP) is 1.38. The van der Waals surface area contributed by atoms with E-state index in [2.05, 4.69) is 0 Å². The van der Waals surface area contributed by atoms with Crippen LogP contribution in [-0.4, -0.2) is 30.2 Å². The average Bonchev–Trinajstić information content (AvgIpc) is 2.43. The first kappa shape index (κ1) is 15.2. The molecule has 0 radical (unpaired) electrons. The number of nitro benzene ring substituents is 1. The zero-order chi connectivity index (χ0) is 15.3. The molecular weight excluding hydrogens is 268 g/mol. The summed E-state index contributed by atoms with van der Waals surface area (Å²) in [5.41, 5.74) is -0.217. The standard InChI is InChI=1S/C12H12N2O6/c1-19-10-4-7(3-8(6-13)12(15)16)9(14(17)18)5-11(10)20-2/h4-5,8H,3H2,1-2H3,(H,15,16)/t8-/m0/s1. The van der Waals surface area contributed by atoms with Crippen LogP contribution in [0.15, 0.2) is 12.1 Å². The number of nitriles is 1. The van der Waals surface area contributed by atoms with E-state index in [1.807, 2.05) is 0 Å². The highest BCUT2D eigenvalue weighted by Gasteiger charge is 2.25. The molecule has 8 heteroatoms. The fourth-order valence-corrected chi connectivity index (χ4v) is 1.65. The zero-order valence-corrected chi connectivity index (χ0v) is 10.8. The van der Waals surface area contributed by atoms with Crippen LogP contribution in [-0.2, 0) is 11.2 Å². The van der Waals surface area contributed by atoms with Crippen molar-refractivity contribution in [3.63, 3.8) is 0 Å². The summed E-state index contributed by atoms with van der Waals surface area (Å²) >= 11 is 0. The van der Waals surface area contributed by atoms with Crippen LogP contribution in [0.5, 0.6) is 11.5 Å². The van der Waals surface area contributed by atoms with Crippen LogP contribution in [0.4, 0.5) is 5.69 Å². The fraction of sp³-hybridized carbons (Fsp3) is 0.333. The van der Waals surface area contributed by atoms with Gasteiger partial charge in [-0.2, -0.15) is 5.26 Å². The molecule has 0 amide bonds. The van der Waals surface area contributed by atoms with Gasteiger partial charge in [-0.25, -0.2) is 0 Å². The molecule has 0 saturated heterocycles. The normalized spacial score (nSPS) is 11.2. The maximum Gasteiger partial charge on any atom is 0.321 e. The maximum absolute atomic E-state index is 11.0. The largest absolute Gasteiger partial charge is 0.493 e. The Balaban J connectivity index is 3.33. The van der Waals surface area contributed by atoms with Gasteiger partial charge in [-0.3, -0.25) is 14.9 Å². The molecule has 1 atom stereocenters. The molecule has 0 unspecified atom stereocenters. The van der Waals surface area contributed by atoms with Crippen LogP contribution < -0.4 is 9.47 Å². The molecule has 0 saturated carbocycles. The smallest absolute Gasteiger partial charge is 0.321 e. The summed E-state index contributed by atoms with van der Waals surface area (Å²) < 4.78 is 9.96. The number of rotatable bonds is 6. The molecule has 20 heavy (non-hydrogen) atoms. The van der Waals surface area contributed by atoms with Crippen LogP contribution in [0, 0.1) is 27.4 Å². The molecule has 106 valence electrons. The van der Waals surface area contributed by atoms with E-state index in [-0.39, 0.29) is 29.2 Å². The molecule has 1 aromatic rings. The van der Waals surface area contributed by atoms with Crippen LogP contribution in [0.3, 0.4) is 0 Å². The summed E-state index contributed by atoms with van der Waals surface area (Å²) in [6, 6.07) is 4.04. The van der Waals surface area contributed by atoms with Gasteiger partial charge in [0.05, 0.1) is 31.3 Å².